The van der Waals surface area contributed by atoms with Crippen molar-refractivity contribution in [3.63, 3.8) is 0 Å². The Labute approximate surface area is 139 Å². The monoisotopic (exact) mass is 348 g/mol. The molecule has 24 heavy (non-hydrogen) atoms. The van der Waals surface area contributed by atoms with Gasteiger partial charge in [0.2, 0.25) is 0 Å². The van der Waals surface area contributed by atoms with E-state index in [-0.39, 0.29) is 22.1 Å². The van der Waals surface area contributed by atoms with Crippen molar-refractivity contribution in [3.05, 3.63) is 59.9 Å². The number of anilines is 1. The molecule has 1 saturated carbocycles. The lowest BCUT2D eigenvalue weighted by Gasteiger charge is -2.10. The maximum Gasteiger partial charge on any atom is 0.262 e. The molecule has 5 nitrogen and oxygen atoms in total. The van der Waals surface area contributed by atoms with Gasteiger partial charge in [-0.05, 0) is 49.1 Å². The molecule has 0 heterocycles. The van der Waals surface area contributed by atoms with Gasteiger partial charge in [-0.3, -0.25) is 9.52 Å². The van der Waals surface area contributed by atoms with E-state index in [1.54, 1.807) is 6.07 Å². The van der Waals surface area contributed by atoms with Crippen LogP contribution in [0.3, 0.4) is 0 Å². The number of carbonyl (C=O) groups excluding carboxylic acids is 1. The summed E-state index contributed by atoms with van der Waals surface area (Å²) in [4.78, 5) is 12.0. The minimum Gasteiger partial charge on any atom is -0.352 e. The third-order valence-electron chi connectivity index (χ3n) is 3.77. The molecule has 0 bridgehead atoms. The first kappa shape index (κ1) is 16.4. The van der Waals surface area contributed by atoms with E-state index in [0.717, 1.165) is 12.8 Å². The molecule has 0 saturated heterocycles. The molecule has 0 spiro atoms. The molecule has 2 N–H and O–H groups in total. The van der Waals surface area contributed by atoms with Crippen LogP contribution in [0, 0.1) is 11.7 Å². The largest absolute Gasteiger partial charge is 0.352 e. The molecule has 1 aliphatic rings. The predicted molar refractivity (Wildman–Crippen MR) is 88.7 cm³/mol. The van der Waals surface area contributed by atoms with E-state index in [2.05, 4.69) is 10.0 Å². The number of rotatable bonds is 6. The van der Waals surface area contributed by atoms with Crippen LogP contribution < -0.4 is 10.0 Å². The number of sulfonamides is 1. The van der Waals surface area contributed by atoms with Crippen LogP contribution in [0.1, 0.15) is 23.2 Å². The quantitative estimate of drug-likeness (QED) is 0.843. The summed E-state index contributed by atoms with van der Waals surface area (Å²) in [5, 5.41) is 2.78. The Morgan fingerprint density at radius 3 is 2.58 bits per heavy atom. The summed E-state index contributed by atoms with van der Waals surface area (Å²) in [6.45, 7) is 0.600. The molecule has 0 aliphatic heterocycles. The Balaban J connectivity index is 1.78. The van der Waals surface area contributed by atoms with Crippen molar-refractivity contribution in [1.82, 2.24) is 5.32 Å². The van der Waals surface area contributed by atoms with Crippen LogP contribution in [0.2, 0.25) is 0 Å². The van der Waals surface area contributed by atoms with Crippen molar-refractivity contribution in [2.45, 2.75) is 17.7 Å². The van der Waals surface area contributed by atoms with Gasteiger partial charge in [-0.2, -0.15) is 0 Å². The van der Waals surface area contributed by atoms with E-state index in [9.17, 15) is 17.6 Å². The van der Waals surface area contributed by atoms with E-state index < -0.39 is 15.8 Å². The maximum absolute atomic E-state index is 13.6. The molecule has 0 radical (unpaired) electrons. The fraction of sp³-hybridized carbons (Fsp3) is 0.235. The predicted octanol–water partition coefficient (Wildman–Crippen LogP) is 2.77. The topological polar surface area (TPSA) is 75.3 Å². The van der Waals surface area contributed by atoms with E-state index in [0.29, 0.717) is 12.5 Å². The van der Waals surface area contributed by atoms with Gasteiger partial charge in [0.05, 0.1) is 10.6 Å². The Morgan fingerprint density at radius 1 is 1.12 bits per heavy atom. The number of benzene rings is 2. The first-order valence-corrected chi connectivity index (χ1v) is 9.09. The second-order valence-corrected chi connectivity index (χ2v) is 7.45. The van der Waals surface area contributed by atoms with Crippen LogP contribution in [0.5, 0.6) is 0 Å². The molecule has 2 aromatic carbocycles. The first-order valence-electron chi connectivity index (χ1n) is 7.61. The zero-order valence-corrected chi connectivity index (χ0v) is 13.6. The van der Waals surface area contributed by atoms with E-state index in [1.807, 2.05) is 0 Å². The van der Waals surface area contributed by atoms with Crippen molar-refractivity contribution in [2.75, 3.05) is 11.3 Å². The summed E-state index contributed by atoms with van der Waals surface area (Å²) in [5.74, 6) is -0.451. The van der Waals surface area contributed by atoms with Gasteiger partial charge >= 0.3 is 0 Å². The molecule has 126 valence electrons. The molecule has 1 fully saturated rings. The Kier molecular flexibility index (Phi) is 4.53. The SMILES string of the molecule is O=C(NCC1CC1)c1cccc(S(=O)(=O)Nc2ccccc2F)c1. The van der Waals surface area contributed by atoms with Crippen molar-refractivity contribution in [2.24, 2.45) is 5.92 Å². The minimum absolute atomic E-state index is 0.0928. The lowest BCUT2D eigenvalue weighted by atomic mass is 10.2. The molecule has 2 aromatic rings. The van der Waals surface area contributed by atoms with Crippen molar-refractivity contribution in [1.29, 1.82) is 0 Å². The fourth-order valence-corrected chi connectivity index (χ4v) is 3.33. The van der Waals surface area contributed by atoms with Crippen molar-refractivity contribution < 1.29 is 17.6 Å². The van der Waals surface area contributed by atoms with Crippen LogP contribution in [-0.4, -0.2) is 20.9 Å². The van der Waals surface area contributed by atoms with Gasteiger partial charge in [0.25, 0.3) is 15.9 Å². The summed E-state index contributed by atoms with van der Waals surface area (Å²) in [6, 6.07) is 11.2. The van der Waals surface area contributed by atoms with Gasteiger partial charge in [-0.15, -0.1) is 0 Å². The summed E-state index contributed by atoms with van der Waals surface area (Å²) >= 11 is 0. The van der Waals surface area contributed by atoms with Gasteiger partial charge in [-0.25, -0.2) is 12.8 Å². The summed E-state index contributed by atoms with van der Waals surface area (Å²) < 4.78 is 40.6. The smallest absolute Gasteiger partial charge is 0.262 e. The molecule has 1 aliphatic carbocycles. The third kappa shape index (κ3) is 3.91. The zero-order valence-electron chi connectivity index (χ0n) is 12.8. The standard InChI is InChI=1S/C17H17FN2O3S/c18-15-6-1-2-7-16(15)20-24(22,23)14-5-3-4-13(10-14)17(21)19-11-12-8-9-12/h1-7,10,12,20H,8-9,11H2,(H,19,21). The Bertz CT molecular complexity index is 864. The number of amides is 1. The van der Waals surface area contributed by atoms with E-state index in [4.69, 9.17) is 0 Å². The Hall–Kier alpha value is -2.41. The molecule has 0 atom stereocenters. The second-order valence-electron chi connectivity index (χ2n) is 5.77. The van der Waals surface area contributed by atoms with Crippen LogP contribution in [0.4, 0.5) is 10.1 Å². The molecule has 1 amide bonds. The highest BCUT2D eigenvalue weighted by Crippen LogP contribution is 2.27. The summed E-state index contributed by atoms with van der Waals surface area (Å²) in [6.07, 6.45) is 2.22. The number of halogens is 1. The number of para-hydroxylation sites is 1. The van der Waals surface area contributed by atoms with Gasteiger partial charge in [0.15, 0.2) is 0 Å². The normalized spacial score (nSPS) is 14.2. The van der Waals surface area contributed by atoms with Crippen LogP contribution in [-0.2, 0) is 10.0 Å². The van der Waals surface area contributed by atoms with Crippen molar-refractivity contribution >= 4 is 21.6 Å². The number of hydrogen-bond acceptors (Lipinski definition) is 3. The average molecular weight is 348 g/mol. The molecule has 0 aromatic heterocycles. The van der Waals surface area contributed by atoms with Crippen LogP contribution in [0.25, 0.3) is 0 Å². The lowest BCUT2D eigenvalue weighted by molar-refractivity contribution is 0.0951. The second kappa shape index (κ2) is 6.60. The van der Waals surface area contributed by atoms with E-state index in [1.165, 1.54) is 42.5 Å². The lowest BCUT2D eigenvalue weighted by Crippen LogP contribution is -2.25. The molecule has 7 heteroatoms. The highest BCUT2D eigenvalue weighted by atomic mass is 32.2. The Morgan fingerprint density at radius 2 is 1.88 bits per heavy atom. The molecular formula is C17H17FN2O3S. The number of carbonyl (C=O) groups is 1. The van der Waals surface area contributed by atoms with Crippen LogP contribution >= 0.6 is 0 Å². The summed E-state index contributed by atoms with van der Waals surface area (Å²) in [7, 11) is -3.98. The first-order chi connectivity index (χ1) is 11.5. The molecule has 0 unspecified atom stereocenters. The molecular weight excluding hydrogens is 331 g/mol. The van der Waals surface area contributed by atoms with Gasteiger partial charge in [0, 0.05) is 12.1 Å². The summed E-state index contributed by atoms with van der Waals surface area (Å²) in [5.41, 5.74) is 0.119. The minimum atomic E-state index is -3.98. The number of nitrogens with one attached hydrogen (secondary N) is 2. The fourth-order valence-electron chi connectivity index (χ4n) is 2.21. The molecule has 3 rings (SSSR count). The highest BCUT2D eigenvalue weighted by molar-refractivity contribution is 7.92. The van der Waals surface area contributed by atoms with Gasteiger partial charge < -0.3 is 5.32 Å². The van der Waals surface area contributed by atoms with E-state index >= 15 is 0 Å². The highest BCUT2D eigenvalue weighted by Gasteiger charge is 2.22. The third-order valence-corrected chi connectivity index (χ3v) is 5.14. The number of hydrogen-bond donors (Lipinski definition) is 2. The zero-order chi connectivity index (χ0) is 17.2. The average Bonchev–Trinajstić information content (AvgIpc) is 3.39. The van der Waals surface area contributed by atoms with Crippen molar-refractivity contribution in [3.8, 4) is 0 Å². The van der Waals surface area contributed by atoms with Gasteiger partial charge in [-0.1, -0.05) is 18.2 Å². The van der Waals surface area contributed by atoms with Gasteiger partial charge in [0.1, 0.15) is 5.82 Å². The van der Waals surface area contributed by atoms with Crippen LogP contribution in [0.15, 0.2) is 53.4 Å². The maximum atomic E-state index is 13.6.